The van der Waals surface area contributed by atoms with Crippen molar-refractivity contribution in [3.8, 4) is 5.75 Å². The number of rotatable bonds is 3. The quantitative estimate of drug-likeness (QED) is 0.612. The maximum atomic E-state index is 13.5. The fourth-order valence-electron chi connectivity index (χ4n) is 5.09. The average molecular weight is 458 g/mol. The first kappa shape index (κ1) is 22.9. The summed E-state index contributed by atoms with van der Waals surface area (Å²) in [6.45, 7) is 2.34. The van der Waals surface area contributed by atoms with E-state index in [1.165, 1.54) is 14.0 Å². The first-order valence-electron chi connectivity index (χ1n) is 11.5. The molecule has 10 nitrogen and oxygen atoms in total. The fraction of sp³-hybridized carbons (Fsp3) is 0.565. The van der Waals surface area contributed by atoms with Gasteiger partial charge < -0.3 is 30.5 Å². The second kappa shape index (κ2) is 9.68. The summed E-state index contributed by atoms with van der Waals surface area (Å²) >= 11 is 0. The van der Waals surface area contributed by atoms with Crippen LogP contribution in [0.5, 0.6) is 5.75 Å². The SMILES string of the molecule is CNC(=O)N1CC[C@H]2CC[C@@H](C(=O)N[C@@H]3CCOc4ccccc43)N2C(=O)[C@@H](NC(C)=O)C1. The Bertz CT molecular complexity index is 938. The molecule has 0 saturated carbocycles. The number of urea groups is 1. The molecule has 3 aliphatic heterocycles. The van der Waals surface area contributed by atoms with Crippen LogP contribution in [0.1, 0.15) is 44.2 Å². The van der Waals surface area contributed by atoms with Gasteiger partial charge in [0.25, 0.3) is 0 Å². The molecule has 4 rings (SSSR count). The number of nitrogens with one attached hydrogen (secondary N) is 3. The molecule has 3 N–H and O–H groups in total. The highest BCUT2D eigenvalue weighted by Gasteiger charge is 2.45. The lowest BCUT2D eigenvalue weighted by atomic mass is 10.00. The lowest BCUT2D eigenvalue weighted by Gasteiger charge is -2.39. The standard InChI is InChI=1S/C23H31N5O5/c1-14(29)25-18-13-27(23(32)24-2)11-9-15-7-8-19(28(15)22(18)31)21(30)26-17-10-12-33-20-6-4-3-5-16(17)20/h3-6,15,17-19H,7-13H2,1-2H3,(H,24,32)(H,25,29)(H,26,30)/t15-,17-,18+,19+/m1/s1. The van der Waals surface area contributed by atoms with E-state index in [9.17, 15) is 19.2 Å². The van der Waals surface area contributed by atoms with Crippen LogP contribution < -0.4 is 20.7 Å². The highest BCUT2D eigenvalue weighted by atomic mass is 16.5. The number of hydrogen-bond acceptors (Lipinski definition) is 5. The molecule has 0 bridgehead atoms. The van der Waals surface area contributed by atoms with Gasteiger partial charge in [-0.05, 0) is 25.3 Å². The summed E-state index contributed by atoms with van der Waals surface area (Å²) in [6.07, 6.45) is 2.45. The maximum Gasteiger partial charge on any atom is 0.317 e. The number of amides is 5. The van der Waals surface area contributed by atoms with E-state index in [4.69, 9.17) is 4.74 Å². The van der Waals surface area contributed by atoms with Crippen molar-refractivity contribution in [2.45, 2.75) is 56.8 Å². The van der Waals surface area contributed by atoms with Crippen LogP contribution in [0, 0.1) is 0 Å². The molecule has 1 aromatic rings. The van der Waals surface area contributed by atoms with Gasteiger partial charge in [0, 0.05) is 38.5 Å². The monoisotopic (exact) mass is 457 g/mol. The molecule has 0 aromatic heterocycles. The molecular weight excluding hydrogens is 426 g/mol. The zero-order valence-electron chi connectivity index (χ0n) is 19.0. The van der Waals surface area contributed by atoms with Crippen molar-refractivity contribution < 1.29 is 23.9 Å². The van der Waals surface area contributed by atoms with Crippen LogP contribution in [0.15, 0.2) is 24.3 Å². The van der Waals surface area contributed by atoms with Crippen molar-refractivity contribution in [2.24, 2.45) is 0 Å². The van der Waals surface area contributed by atoms with Crippen molar-refractivity contribution in [2.75, 3.05) is 26.7 Å². The van der Waals surface area contributed by atoms with Gasteiger partial charge in [-0.1, -0.05) is 18.2 Å². The Balaban J connectivity index is 1.53. The largest absolute Gasteiger partial charge is 0.493 e. The Labute approximate surface area is 193 Å². The summed E-state index contributed by atoms with van der Waals surface area (Å²) in [5, 5.41) is 8.39. The van der Waals surface area contributed by atoms with Crippen LogP contribution in [-0.2, 0) is 14.4 Å². The number of carbonyl (C=O) groups is 4. The van der Waals surface area contributed by atoms with Gasteiger partial charge in [-0.3, -0.25) is 14.4 Å². The summed E-state index contributed by atoms with van der Waals surface area (Å²) in [5.41, 5.74) is 0.933. The van der Waals surface area contributed by atoms with Gasteiger partial charge in [0.2, 0.25) is 17.7 Å². The third-order valence-corrected chi connectivity index (χ3v) is 6.65. The molecule has 0 aliphatic carbocycles. The Morgan fingerprint density at radius 1 is 1.03 bits per heavy atom. The summed E-state index contributed by atoms with van der Waals surface area (Å²) in [4.78, 5) is 54.1. The first-order chi connectivity index (χ1) is 15.9. The number of para-hydroxylation sites is 1. The van der Waals surface area contributed by atoms with Crippen LogP contribution in [0.25, 0.3) is 0 Å². The molecule has 5 amide bonds. The van der Waals surface area contributed by atoms with E-state index in [2.05, 4.69) is 16.0 Å². The van der Waals surface area contributed by atoms with E-state index in [0.29, 0.717) is 38.8 Å². The predicted octanol–water partition coefficient (Wildman–Crippen LogP) is 0.536. The number of carbonyl (C=O) groups excluding carboxylic acids is 4. The van der Waals surface area contributed by atoms with Crippen LogP contribution in [0.4, 0.5) is 4.79 Å². The number of benzene rings is 1. The van der Waals surface area contributed by atoms with Crippen molar-refractivity contribution in [3.63, 3.8) is 0 Å². The Morgan fingerprint density at radius 2 is 1.82 bits per heavy atom. The highest BCUT2D eigenvalue weighted by molar-refractivity contribution is 5.93. The minimum atomic E-state index is -0.903. The van der Waals surface area contributed by atoms with Crippen LogP contribution >= 0.6 is 0 Å². The Hall–Kier alpha value is -3.30. The third kappa shape index (κ3) is 4.74. The molecule has 178 valence electrons. The van der Waals surface area contributed by atoms with Crippen molar-refractivity contribution >= 4 is 23.8 Å². The Morgan fingerprint density at radius 3 is 2.58 bits per heavy atom. The molecule has 0 spiro atoms. The zero-order chi connectivity index (χ0) is 23.5. The maximum absolute atomic E-state index is 13.5. The van der Waals surface area contributed by atoms with Crippen molar-refractivity contribution in [1.29, 1.82) is 0 Å². The first-order valence-corrected chi connectivity index (χ1v) is 11.5. The lowest BCUT2D eigenvalue weighted by molar-refractivity contribution is -0.144. The van der Waals surface area contributed by atoms with Crippen molar-refractivity contribution in [1.82, 2.24) is 25.8 Å². The van der Waals surface area contributed by atoms with Crippen molar-refractivity contribution in [3.05, 3.63) is 29.8 Å². The molecule has 33 heavy (non-hydrogen) atoms. The molecule has 4 atom stereocenters. The van der Waals surface area contributed by atoms with Gasteiger partial charge in [0.1, 0.15) is 17.8 Å². The normalized spacial score (nSPS) is 26.8. The van der Waals surface area contributed by atoms with Gasteiger partial charge in [0.15, 0.2) is 0 Å². The van der Waals surface area contributed by atoms with E-state index >= 15 is 0 Å². The Kier molecular flexibility index (Phi) is 6.71. The highest BCUT2D eigenvalue weighted by Crippen LogP contribution is 2.33. The summed E-state index contributed by atoms with van der Waals surface area (Å²) < 4.78 is 5.69. The minimum absolute atomic E-state index is 0.0585. The second-order valence-corrected chi connectivity index (χ2v) is 8.77. The summed E-state index contributed by atoms with van der Waals surface area (Å²) in [6, 6.07) is 5.48. The third-order valence-electron chi connectivity index (χ3n) is 6.65. The van der Waals surface area contributed by atoms with Crippen LogP contribution in [0.2, 0.25) is 0 Å². The number of fused-ring (bicyclic) bond motifs is 2. The van der Waals surface area contributed by atoms with E-state index in [1.807, 2.05) is 24.3 Å². The number of ether oxygens (including phenoxy) is 1. The smallest absolute Gasteiger partial charge is 0.317 e. The van der Waals surface area contributed by atoms with Gasteiger partial charge >= 0.3 is 6.03 Å². The van der Waals surface area contributed by atoms with Gasteiger partial charge in [0.05, 0.1) is 19.2 Å². The van der Waals surface area contributed by atoms with E-state index < -0.39 is 12.1 Å². The number of hydrogen-bond donors (Lipinski definition) is 3. The van der Waals surface area contributed by atoms with Crippen LogP contribution in [-0.4, -0.2) is 78.4 Å². The molecular formula is C23H31N5O5. The predicted molar refractivity (Wildman–Crippen MR) is 119 cm³/mol. The van der Waals surface area contributed by atoms with E-state index in [0.717, 1.165) is 11.3 Å². The summed E-state index contributed by atoms with van der Waals surface area (Å²) in [5.74, 6) is -0.117. The summed E-state index contributed by atoms with van der Waals surface area (Å²) in [7, 11) is 1.53. The van der Waals surface area contributed by atoms with E-state index in [-0.39, 0.29) is 42.4 Å². The lowest BCUT2D eigenvalue weighted by Crippen LogP contribution is -2.61. The fourth-order valence-corrected chi connectivity index (χ4v) is 5.09. The molecule has 3 heterocycles. The molecule has 1 aromatic carbocycles. The van der Waals surface area contributed by atoms with Crippen LogP contribution in [0.3, 0.4) is 0 Å². The zero-order valence-corrected chi connectivity index (χ0v) is 19.0. The topological polar surface area (TPSA) is 120 Å². The molecule has 0 radical (unpaired) electrons. The van der Waals surface area contributed by atoms with Gasteiger partial charge in [-0.25, -0.2) is 4.79 Å². The molecule has 3 aliphatic rings. The number of nitrogens with zero attached hydrogens (tertiary/aromatic N) is 2. The molecule has 0 unspecified atom stereocenters. The van der Waals surface area contributed by atoms with Gasteiger partial charge in [-0.15, -0.1) is 0 Å². The van der Waals surface area contributed by atoms with E-state index in [1.54, 1.807) is 9.80 Å². The average Bonchev–Trinajstić information content (AvgIpc) is 3.22. The minimum Gasteiger partial charge on any atom is -0.493 e. The molecule has 2 saturated heterocycles. The molecule has 10 heteroatoms. The molecule has 2 fully saturated rings. The second-order valence-electron chi connectivity index (χ2n) is 8.77. The van der Waals surface area contributed by atoms with Gasteiger partial charge in [-0.2, -0.15) is 0 Å².